The zero-order valence-electron chi connectivity index (χ0n) is 34.1. The van der Waals surface area contributed by atoms with Crippen molar-refractivity contribution in [2.45, 2.75) is 17.3 Å². The smallest absolute Gasteiger partial charge is 0.120 e. The molecule has 0 aliphatic carbocycles. The number of nitrogens with zero attached hydrogens (tertiary/aromatic N) is 3. The van der Waals surface area contributed by atoms with E-state index < -0.39 is 13.3 Å². The Kier molecular flexibility index (Phi) is 11.1. The van der Waals surface area contributed by atoms with Crippen LogP contribution < -0.4 is 4.40 Å². The average Bonchev–Trinajstić information content (AvgIpc) is 3.89. The molecule has 0 atom stereocenters. The van der Waals surface area contributed by atoms with Crippen molar-refractivity contribution >= 4 is 61.4 Å². The molecule has 1 radical (unpaired) electrons. The third kappa shape index (κ3) is 7.66. The van der Waals surface area contributed by atoms with Gasteiger partial charge in [-0.25, -0.2) is 0 Å². The predicted molar refractivity (Wildman–Crippen MR) is 252 cm³/mol. The fraction of sp³-hybridized carbons (Fsp3) is 0.0545. The first-order valence-corrected chi connectivity index (χ1v) is 27.7. The SMILES string of the molecule is [CH3][Ge]([CH3])([CH3])[c]1ccc(-c2[c-]cccc2)nc1.[Ir].[c-]1ccc2c(oc3ccccc32)c1-c1nc2c3ccccc3ccc2n1-c1c(-c2ccccc2)cccc1-c1ccccc1. The van der Waals surface area contributed by atoms with Crippen molar-refractivity contribution in [3.05, 3.63) is 206 Å². The van der Waals surface area contributed by atoms with Crippen LogP contribution in [0.4, 0.5) is 0 Å². The molecule has 11 aromatic rings. The molecule has 4 nitrogen and oxygen atoms in total. The van der Waals surface area contributed by atoms with Gasteiger partial charge in [0.2, 0.25) is 0 Å². The number of para-hydroxylation sites is 2. The van der Waals surface area contributed by atoms with E-state index >= 15 is 0 Å². The normalized spacial score (nSPS) is 11.4. The van der Waals surface area contributed by atoms with E-state index in [0.717, 1.165) is 94.3 Å². The van der Waals surface area contributed by atoms with Crippen LogP contribution in [0.1, 0.15) is 0 Å². The molecule has 0 bridgehead atoms. The molecule has 0 amide bonds. The summed E-state index contributed by atoms with van der Waals surface area (Å²) in [7, 11) is 0. The molecule has 3 heterocycles. The van der Waals surface area contributed by atoms with Crippen LogP contribution in [0, 0.1) is 12.1 Å². The van der Waals surface area contributed by atoms with Gasteiger partial charge in [-0.1, -0.05) is 138 Å². The molecule has 8 aromatic carbocycles. The minimum atomic E-state index is -1.72. The van der Waals surface area contributed by atoms with Crippen molar-refractivity contribution in [1.29, 1.82) is 0 Å². The van der Waals surface area contributed by atoms with E-state index in [1.807, 2.05) is 48.7 Å². The summed E-state index contributed by atoms with van der Waals surface area (Å²) < 4.78 is 10.3. The number of hydrogen-bond donors (Lipinski definition) is 0. The molecule has 0 aliphatic rings. The van der Waals surface area contributed by atoms with E-state index in [0.29, 0.717) is 0 Å². The van der Waals surface area contributed by atoms with Crippen LogP contribution in [0.25, 0.3) is 94.3 Å². The molecule has 0 fully saturated rings. The molecule has 0 spiro atoms. The summed E-state index contributed by atoms with van der Waals surface area (Å²) in [6, 6.07) is 71.9. The van der Waals surface area contributed by atoms with Crippen molar-refractivity contribution in [1.82, 2.24) is 14.5 Å². The quantitative estimate of drug-likeness (QED) is 0.123. The zero-order chi connectivity index (χ0) is 40.6. The second-order valence-electron chi connectivity index (χ2n) is 16.0. The molecule has 3 aromatic heterocycles. The van der Waals surface area contributed by atoms with Gasteiger partial charge in [0.05, 0.1) is 28.1 Å². The minimum Gasteiger partial charge on any atom is -0.501 e. The van der Waals surface area contributed by atoms with Crippen molar-refractivity contribution in [3.8, 4) is 50.6 Å². The summed E-state index contributed by atoms with van der Waals surface area (Å²) in [4.78, 5) is 9.98. The van der Waals surface area contributed by atoms with Crippen molar-refractivity contribution < 1.29 is 24.5 Å². The summed E-state index contributed by atoms with van der Waals surface area (Å²) in [6.07, 6.45) is 2.04. The van der Waals surface area contributed by atoms with E-state index in [1.165, 1.54) is 4.40 Å². The fourth-order valence-corrected chi connectivity index (χ4v) is 10.3. The van der Waals surface area contributed by atoms with Crippen molar-refractivity contribution in [2.24, 2.45) is 0 Å². The molecular weight excluding hydrogens is 983 g/mol. The van der Waals surface area contributed by atoms with Gasteiger partial charge in [-0.3, -0.25) is 4.98 Å². The van der Waals surface area contributed by atoms with Crippen LogP contribution in [-0.2, 0) is 20.1 Å². The number of imidazole rings is 1. The number of aromatic nitrogens is 3. The maximum atomic E-state index is 6.56. The topological polar surface area (TPSA) is 43.9 Å². The van der Waals surface area contributed by atoms with Gasteiger partial charge in [0.25, 0.3) is 0 Å². The number of pyridine rings is 1. The van der Waals surface area contributed by atoms with Crippen LogP contribution in [0.15, 0.2) is 199 Å². The molecule has 0 aliphatic heterocycles. The van der Waals surface area contributed by atoms with Gasteiger partial charge in [-0.2, -0.15) is 0 Å². The first-order valence-electron chi connectivity index (χ1n) is 20.3. The van der Waals surface area contributed by atoms with E-state index in [2.05, 4.69) is 185 Å². The summed E-state index contributed by atoms with van der Waals surface area (Å²) >= 11 is -1.72. The Morgan fingerprint density at radius 2 is 1.23 bits per heavy atom. The molecule has 0 saturated heterocycles. The molecule has 11 rings (SSSR count). The zero-order valence-corrected chi connectivity index (χ0v) is 38.6. The molecule has 297 valence electrons. The summed E-state index contributed by atoms with van der Waals surface area (Å²) in [5.41, 5.74) is 12.1. The average molecular weight is 1020 g/mol. The minimum absolute atomic E-state index is 0. The third-order valence-electron chi connectivity index (χ3n) is 11.2. The predicted octanol–water partition coefficient (Wildman–Crippen LogP) is 14.0. The monoisotopic (exact) mass is 1030 g/mol. The number of benzene rings is 8. The second kappa shape index (κ2) is 16.9. The van der Waals surface area contributed by atoms with Gasteiger partial charge in [-0.05, 0) is 28.6 Å². The maximum Gasteiger partial charge on any atom is 0.120 e. The van der Waals surface area contributed by atoms with E-state index in [4.69, 9.17) is 9.40 Å². The molecule has 6 heteroatoms. The Morgan fingerprint density at radius 3 is 1.90 bits per heavy atom. The van der Waals surface area contributed by atoms with Gasteiger partial charge in [0.15, 0.2) is 0 Å². The second-order valence-corrected chi connectivity index (χ2v) is 26.7. The fourth-order valence-electron chi connectivity index (χ4n) is 8.10. The first-order chi connectivity index (χ1) is 29.4. The van der Waals surface area contributed by atoms with Crippen LogP contribution in [0.2, 0.25) is 17.3 Å². The number of furan rings is 1. The molecule has 0 unspecified atom stereocenters. The molecule has 61 heavy (non-hydrogen) atoms. The Labute approximate surface area is 372 Å². The van der Waals surface area contributed by atoms with Crippen LogP contribution in [0.5, 0.6) is 0 Å². The van der Waals surface area contributed by atoms with Crippen molar-refractivity contribution in [3.63, 3.8) is 0 Å². The van der Waals surface area contributed by atoms with Gasteiger partial charge in [-0.15, -0.1) is 18.2 Å². The van der Waals surface area contributed by atoms with Gasteiger partial charge in [0, 0.05) is 42.0 Å². The van der Waals surface area contributed by atoms with Crippen LogP contribution >= 0.6 is 0 Å². The Hall–Kier alpha value is -6.37. The molecular formula is C55H41GeIrN3O-2. The maximum absolute atomic E-state index is 6.56. The van der Waals surface area contributed by atoms with E-state index in [1.54, 1.807) is 0 Å². The van der Waals surface area contributed by atoms with Gasteiger partial charge >= 0.3 is 99.8 Å². The van der Waals surface area contributed by atoms with Gasteiger partial charge in [0.1, 0.15) is 5.58 Å². The summed E-state index contributed by atoms with van der Waals surface area (Å²) in [5.74, 6) is 7.93. The van der Waals surface area contributed by atoms with Crippen LogP contribution in [0.3, 0.4) is 0 Å². The van der Waals surface area contributed by atoms with E-state index in [9.17, 15) is 0 Å². The molecule has 0 saturated carbocycles. The van der Waals surface area contributed by atoms with Crippen LogP contribution in [-0.4, -0.2) is 27.8 Å². The number of fused-ring (bicyclic) bond motifs is 6. The summed E-state index contributed by atoms with van der Waals surface area (Å²) in [5, 5.41) is 4.40. The number of hydrogen-bond acceptors (Lipinski definition) is 3. The third-order valence-corrected chi connectivity index (χ3v) is 15.4. The Morgan fingerprint density at radius 1 is 0.557 bits per heavy atom. The largest absolute Gasteiger partial charge is 0.501 e. The Balaban J connectivity index is 0.000000237. The standard InChI is InChI=1S/C41H25N2O.C14H16GeN.Ir/c1-3-13-27(14-4-1)31-20-11-21-32(28-15-5-2-6-16-28)39(31)43-36-26-25-29-17-7-8-18-30(29)38(36)42-41(43)35-23-12-22-34-33-19-9-10-24-37(33)44-40(34)35;1-15(2,3)13-9-10-14(16-11-13)12-7-5-4-6-8-12;/h1-22,24-26H;4-7,9-11H,1-3H3;/q2*-1;. The summed E-state index contributed by atoms with van der Waals surface area (Å²) in [6.45, 7) is 0. The van der Waals surface area contributed by atoms with Crippen molar-refractivity contribution in [2.75, 3.05) is 0 Å². The molecule has 0 N–H and O–H groups in total. The Bertz CT molecular complexity index is 3220. The van der Waals surface area contributed by atoms with Gasteiger partial charge < -0.3 is 8.98 Å². The number of rotatable bonds is 6. The van der Waals surface area contributed by atoms with E-state index in [-0.39, 0.29) is 20.1 Å². The first kappa shape index (κ1) is 40.1.